The first kappa shape index (κ1) is 21.0. The summed E-state index contributed by atoms with van der Waals surface area (Å²) in [4.78, 5) is 24.6. The van der Waals surface area contributed by atoms with E-state index in [-0.39, 0.29) is 16.9 Å². The molecule has 1 unspecified atom stereocenters. The maximum absolute atomic E-state index is 12.3. The highest BCUT2D eigenvalue weighted by Gasteiger charge is 2.17. The molecule has 3 aromatic rings. The molecule has 9 heteroatoms. The lowest BCUT2D eigenvalue weighted by atomic mass is 10.1. The zero-order chi connectivity index (χ0) is 21.5. The molecule has 0 saturated carbocycles. The van der Waals surface area contributed by atoms with Crippen LogP contribution in [0.25, 0.3) is 5.69 Å². The largest absolute Gasteiger partial charge is 0.452 e. The number of carbonyl (C=O) groups excluding carboxylic acids is 2. The number of anilines is 1. The van der Waals surface area contributed by atoms with Crippen LogP contribution in [0.3, 0.4) is 0 Å². The number of esters is 1. The van der Waals surface area contributed by atoms with Crippen molar-refractivity contribution in [1.82, 2.24) is 9.78 Å². The Morgan fingerprint density at radius 3 is 2.67 bits per heavy atom. The van der Waals surface area contributed by atoms with E-state index in [1.807, 2.05) is 12.1 Å². The predicted octanol–water partition coefficient (Wildman–Crippen LogP) is 2.42. The van der Waals surface area contributed by atoms with E-state index in [0.29, 0.717) is 11.4 Å². The highest BCUT2D eigenvalue weighted by molar-refractivity contribution is 7.83. The molecule has 0 spiro atoms. The zero-order valence-electron chi connectivity index (χ0n) is 16.1. The number of benzene rings is 2. The summed E-state index contributed by atoms with van der Waals surface area (Å²) < 4.78 is 17.9. The number of aromatic nitrogens is 2. The van der Waals surface area contributed by atoms with Crippen molar-refractivity contribution in [2.75, 3.05) is 18.2 Å². The second kappa shape index (κ2) is 9.62. The van der Waals surface area contributed by atoms with E-state index in [2.05, 4.69) is 10.4 Å². The molecule has 1 heterocycles. The monoisotopic (exact) mass is 422 g/mol. The van der Waals surface area contributed by atoms with Crippen LogP contribution in [-0.4, -0.2) is 38.7 Å². The lowest BCUT2D eigenvalue weighted by Gasteiger charge is -2.10. The fraction of sp³-hybridized carbons (Fsp3) is 0.143. The van der Waals surface area contributed by atoms with Gasteiger partial charge >= 0.3 is 5.97 Å². The number of rotatable bonds is 7. The average molecular weight is 422 g/mol. The van der Waals surface area contributed by atoms with Crippen LogP contribution in [-0.2, 0) is 26.1 Å². The number of amides is 1. The average Bonchev–Trinajstić information content (AvgIpc) is 3.14. The minimum absolute atomic E-state index is 0.179. The highest BCUT2D eigenvalue weighted by Crippen LogP contribution is 2.19. The molecule has 1 N–H and O–H groups in total. The molecule has 0 aliphatic carbocycles. The Morgan fingerprint density at radius 2 is 1.97 bits per heavy atom. The highest BCUT2D eigenvalue weighted by atomic mass is 32.2. The second-order valence-corrected chi connectivity index (χ2v) is 7.74. The zero-order valence-corrected chi connectivity index (χ0v) is 16.9. The number of nitrogens with zero attached hydrogens (tertiary/aromatic N) is 3. The summed E-state index contributed by atoms with van der Waals surface area (Å²) in [5, 5.41) is 16.0. The quantitative estimate of drug-likeness (QED) is 0.585. The number of carbonyl (C=O) groups is 2. The molecule has 1 aromatic heterocycles. The predicted molar refractivity (Wildman–Crippen MR) is 111 cm³/mol. The van der Waals surface area contributed by atoms with Crippen LogP contribution in [0, 0.1) is 11.3 Å². The molecule has 3 rings (SSSR count). The third-order valence-corrected chi connectivity index (χ3v) is 4.76. The summed E-state index contributed by atoms with van der Waals surface area (Å²) in [5.74, 6) is -0.770. The molecule has 0 aliphatic heterocycles. The Labute approximate surface area is 175 Å². The molecule has 8 nitrogen and oxygen atoms in total. The molecular formula is C21H18N4O4S. The molecule has 0 saturated heterocycles. The van der Waals surface area contributed by atoms with Crippen molar-refractivity contribution in [3.05, 3.63) is 77.5 Å². The maximum Gasteiger partial charge on any atom is 0.338 e. The minimum atomic E-state index is -1.04. The minimum Gasteiger partial charge on any atom is -0.452 e. The van der Waals surface area contributed by atoms with Crippen molar-refractivity contribution in [3.63, 3.8) is 0 Å². The summed E-state index contributed by atoms with van der Waals surface area (Å²) in [6, 6.07) is 17.5. The number of ether oxygens (including phenoxy) is 1. The van der Waals surface area contributed by atoms with Gasteiger partial charge in [-0.1, -0.05) is 30.3 Å². The van der Waals surface area contributed by atoms with E-state index < -0.39 is 29.3 Å². The van der Waals surface area contributed by atoms with Gasteiger partial charge in [0, 0.05) is 22.8 Å². The van der Waals surface area contributed by atoms with Crippen molar-refractivity contribution in [1.29, 1.82) is 5.26 Å². The van der Waals surface area contributed by atoms with Crippen molar-refractivity contribution in [2.45, 2.75) is 5.75 Å². The van der Waals surface area contributed by atoms with Crippen LogP contribution < -0.4 is 5.32 Å². The molecule has 0 bridgehead atoms. The van der Waals surface area contributed by atoms with Gasteiger partial charge in [0.2, 0.25) is 0 Å². The summed E-state index contributed by atoms with van der Waals surface area (Å²) in [7, 11) is -1.04. The van der Waals surface area contributed by atoms with E-state index in [1.54, 1.807) is 54.8 Å². The fourth-order valence-corrected chi connectivity index (χ4v) is 3.37. The first-order chi connectivity index (χ1) is 14.5. The summed E-state index contributed by atoms with van der Waals surface area (Å²) in [5.41, 5.74) is 1.84. The van der Waals surface area contributed by atoms with Gasteiger partial charge in [-0.05, 0) is 29.8 Å². The Kier molecular flexibility index (Phi) is 6.72. The Bertz CT molecular complexity index is 1140. The van der Waals surface area contributed by atoms with Crippen molar-refractivity contribution < 1.29 is 18.5 Å². The van der Waals surface area contributed by atoms with Crippen LogP contribution in [0.4, 0.5) is 5.82 Å². The van der Waals surface area contributed by atoms with Crippen molar-refractivity contribution >= 4 is 28.5 Å². The lowest BCUT2D eigenvalue weighted by molar-refractivity contribution is -0.119. The van der Waals surface area contributed by atoms with Gasteiger partial charge in [-0.25, -0.2) is 9.48 Å². The number of para-hydroxylation sites is 1. The van der Waals surface area contributed by atoms with Crippen molar-refractivity contribution in [2.24, 2.45) is 0 Å². The van der Waals surface area contributed by atoms with Crippen LogP contribution in [0.1, 0.15) is 21.5 Å². The van der Waals surface area contributed by atoms with Gasteiger partial charge in [0.1, 0.15) is 11.6 Å². The summed E-state index contributed by atoms with van der Waals surface area (Å²) in [6.45, 7) is -0.534. The van der Waals surface area contributed by atoms with Gasteiger partial charge in [0.05, 0.1) is 17.4 Å². The van der Waals surface area contributed by atoms with Gasteiger partial charge in [0.25, 0.3) is 5.91 Å². The molecule has 30 heavy (non-hydrogen) atoms. The fourth-order valence-electron chi connectivity index (χ4n) is 2.72. The van der Waals surface area contributed by atoms with E-state index >= 15 is 0 Å². The van der Waals surface area contributed by atoms with E-state index in [1.165, 1.54) is 10.9 Å². The van der Waals surface area contributed by atoms with E-state index in [4.69, 9.17) is 4.74 Å². The first-order valence-corrected chi connectivity index (χ1v) is 10.6. The van der Waals surface area contributed by atoms with E-state index in [0.717, 1.165) is 5.56 Å². The molecule has 0 radical (unpaired) electrons. The van der Waals surface area contributed by atoms with Gasteiger partial charge in [-0.15, -0.1) is 0 Å². The van der Waals surface area contributed by atoms with E-state index in [9.17, 15) is 19.1 Å². The molecule has 152 valence electrons. The molecule has 0 aliphatic rings. The third kappa shape index (κ3) is 5.18. The Hall–Kier alpha value is -3.77. The summed E-state index contributed by atoms with van der Waals surface area (Å²) >= 11 is 0. The van der Waals surface area contributed by atoms with Gasteiger partial charge in [-0.3, -0.25) is 9.00 Å². The standard InChI is InChI=1S/C21H18N4O4S/c1-30(28)14-15-6-5-7-16(10-15)21(27)29-13-19(26)24-20-17(11-22)12-23-25(20)18-8-3-2-4-9-18/h2-10,12H,13-14H2,1H3,(H,24,26). The first-order valence-electron chi connectivity index (χ1n) is 8.87. The molecular weight excluding hydrogens is 404 g/mol. The normalized spacial score (nSPS) is 11.3. The number of hydrogen-bond acceptors (Lipinski definition) is 6. The topological polar surface area (TPSA) is 114 Å². The maximum atomic E-state index is 12.3. The van der Waals surface area contributed by atoms with Crippen LogP contribution in [0.2, 0.25) is 0 Å². The Balaban J connectivity index is 1.67. The van der Waals surface area contributed by atoms with Gasteiger partial charge in [0.15, 0.2) is 12.4 Å². The SMILES string of the molecule is CS(=O)Cc1cccc(C(=O)OCC(=O)Nc2c(C#N)cnn2-c2ccccc2)c1. The lowest BCUT2D eigenvalue weighted by Crippen LogP contribution is -2.23. The number of nitriles is 1. The second-order valence-electron chi connectivity index (χ2n) is 6.31. The van der Waals surface area contributed by atoms with Crippen LogP contribution >= 0.6 is 0 Å². The summed E-state index contributed by atoms with van der Waals surface area (Å²) in [6.07, 6.45) is 2.92. The smallest absolute Gasteiger partial charge is 0.338 e. The third-order valence-electron chi connectivity index (χ3n) is 4.02. The van der Waals surface area contributed by atoms with Gasteiger partial charge in [-0.2, -0.15) is 10.4 Å². The van der Waals surface area contributed by atoms with Crippen LogP contribution in [0.5, 0.6) is 0 Å². The van der Waals surface area contributed by atoms with Crippen molar-refractivity contribution in [3.8, 4) is 11.8 Å². The number of nitrogens with one attached hydrogen (secondary N) is 1. The van der Waals surface area contributed by atoms with Gasteiger partial charge < -0.3 is 10.1 Å². The molecule has 0 fully saturated rings. The molecule has 1 amide bonds. The van der Waals surface area contributed by atoms with Crippen LogP contribution in [0.15, 0.2) is 60.8 Å². The molecule has 2 aromatic carbocycles. The molecule has 1 atom stereocenters. The number of hydrogen-bond donors (Lipinski definition) is 1. The Morgan fingerprint density at radius 1 is 1.20 bits per heavy atom.